The van der Waals surface area contributed by atoms with Gasteiger partial charge in [-0.05, 0) is 36.4 Å². The highest BCUT2D eigenvalue weighted by Gasteiger charge is 2.34. The molecule has 3 aromatic rings. The highest BCUT2D eigenvalue weighted by molar-refractivity contribution is 9.10. The Kier molecular flexibility index (Phi) is 6.58. The summed E-state index contributed by atoms with van der Waals surface area (Å²) < 4.78 is 20.7. The van der Waals surface area contributed by atoms with Crippen LogP contribution in [0, 0.1) is 5.82 Å². The van der Waals surface area contributed by atoms with E-state index in [0.29, 0.717) is 16.3 Å². The number of halogens is 3. The minimum atomic E-state index is -0.613. The zero-order valence-electron chi connectivity index (χ0n) is 16.6. The molecule has 32 heavy (non-hydrogen) atoms. The summed E-state index contributed by atoms with van der Waals surface area (Å²) in [6, 6.07) is 18.1. The van der Waals surface area contributed by atoms with Crippen LogP contribution in [0.2, 0.25) is 5.02 Å². The number of nitrogens with zero attached hydrogens (tertiary/aromatic N) is 1. The van der Waals surface area contributed by atoms with Crippen LogP contribution in [0.25, 0.3) is 6.08 Å². The van der Waals surface area contributed by atoms with Crippen LogP contribution in [0.15, 0.2) is 76.9 Å². The van der Waals surface area contributed by atoms with Gasteiger partial charge >= 0.3 is 6.03 Å². The summed E-state index contributed by atoms with van der Waals surface area (Å²) >= 11 is 9.61. The summed E-state index contributed by atoms with van der Waals surface area (Å²) in [6.45, 7) is 0.0697. The van der Waals surface area contributed by atoms with Crippen molar-refractivity contribution in [2.24, 2.45) is 0 Å². The molecule has 0 bridgehead atoms. The highest BCUT2D eigenvalue weighted by Crippen LogP contribution is 2.28. The molecule has 0 atom stereocenters. The minimum absolute atomic E-state index is 0.0760. The summed E-state index contributed by atoms with van der Waals surface area (Å²) in [5.74, 6) is -0.515. The Bertz CT molecular complexity index is 1230. The number of hydrogen-bond donors (Lipinski definition) is 1. The Morgan fingerprint density at radius 2 is 1.75 bits per heavy atom. The van der Waals surface area contributed by atoms with Crippen LogP contribution in [0.3, 0.4) is 0 Å². The first-order valence-electron chi connectivity index (χ1n) is 9.66. The zero-order valence-corrected chi connectivity index (χ0v) is 19.0. The van der Waals surface area contributed by atoms with E-state index in [1.54, 1.807) is 30.3 Å². The number of rotatable bonds is 6. The van der Waals surface area contributed by atoms with Crippen molar-refractivity contribution in [3.63, 3.8) is 0 Å². The average molecular weight is 516 g/mol. The highest BCUT2D eigenvalue weighted by atomic mass is 79.9. The fourth-order valence-electron chi connectivity index (χ4n) is 3.20. The lowest BCUT2D eigenvalue weighted by Gasteiger charge is -2.12. The molecule has 0 radical (unpaired) electrons. The van der Waals surface area contributed by atoms with Crippen molar-refractivity contribution in [3.05, 3.63) is 104 Å². The molecule has 0 aliphatic carbocycles. The standard InChI is InChI=1S/C24H17BrClFN2O3/c25-18-9-10-22(32-14-16-6-1-3-7-19(16)26)17(11-18)12-21-23(30)29(24(31)28-21)13-15-5-2-4-8-20(15)27/h1-12H,13-14H2,(H,28,31)/b21-12+. The number of hydrogen-bond acceptors (Lipinski definition) is 3. The molecule has 1 aliphatic heterocycles. The van der Waals surface area contributed by atoms with E-state index in [1.807, 2.05) is 24.3 Å². The lowest BCUT2D eigenvalue weighted by Crippen LogP contribution is -2.30. The Morgan fingerprint density at radius 3 is 2.50 bits per heavy atom. The fraction of sp³-hybridized carbons (Fsp3) is 0.0833. The molecular formula is C24H17BrClFN2O3. The van der Waals surface area contributed by atoms with Crippen LogP contribution >= 0.6 is 27.5 Å². The molecule has 8 heteroatoms. The van der Waals surface area contributed by atoms with Crippen LogP contribution in [0.5, 0.6) is 5.75 Å². The van der Waals surface area contributed by atoms with Crippen molar-refractivity contribution in [2.75, 3.05) is 0 Å². The smallest absolute Gasteiger partial charge is 0.329 e. The van der Waals surface area contributed by atoms with Crippen molar-refractivity contribution in [2.45, 2.75) is 13.2 Å². The maximum Gasteiger partial charge on any atom is 0.329 e. The third kappa shape index (κ3) is 4.84. The molecule has 1 heterocycles. The van der Waals surface area contributed by atoms with E-state index < -0.39 is 17.8 Å². The van der Waals surface area contributed by atoms with Crippen LogP contribution in [0.1, 0.15) is 16.7 Å². The Labute approximate surface area is 197 Å². The van der Waals surface area contributed by atoms with Crippen molar-refractivity contribution in [1.29, 1.82) is 0 Å². The number of ether oxygens (including phenoxy) is 1. The van der Waals surface area contributed by atoms with Crippen molar-refractivity contribution < 1.29 is 18.7 Å². The van der Waals surface area contributed by atoms with E-state index in [4.69, 9.17) is 16.3 Å². The summed E-state index contributed by atoms with van der Waals surface area (Å²) in [6.07, 6.45) is 1.54. The van der Waals surface area contributed by atoms with Gasteiger partial charge in [-0.2, -0.15) is 0 Å². The predicted octanol–water partition coefficient (Wildman–Crippen LogP) is 5.91. The second kappa shape index (κ2) is 9.54. The molecule has 0 aromatic heterocycles. The third-order valence-corrected chi connectivity index (χ3v) is 5.72. The Hall–Kier alpha value is -3.16. The number of imide groups is 1. The summed E-state index contributed by atoms with van der Waals surface area (Å²) in [7, 11) is 0. The summed E-state index contributed by atoms with van der Waals surface area (Å²) in [5.41, 5.74) is 1.73. The molecule has 0 unspecified atom stereocenters. The third-order valence-electron chi connectivity index (χ3n) is 4.86. The van der Waals surface area contributed by atoms with E-state index in [9.17, 15) is 14.0 Å². The monoisotopic (exact) mass is 514 g/mol. The molecule has 1 N–H and O–H groups in total. The van der Waals surface area contributed by atoms with Gasteiger partial charge in [0.1, 0.15) is 23.9 Å². The van der Waals surface area contributed by atoms with E-state index in [2.05, 4.69) is 21.2 Å². The number of urea groups is 1. The molecule has 3 amide bonds. The van der Waals surface area contributed by atoms with Crippen LogP contribution in [-0.2, 0) is 17.9 Å². The normalized spacial score (nSPS) is 14.7. The fourth-order valence-corrected chi connectivity index (χ4v) is 3.77. The van der Waals surface area contributed by atoms with Crippen LogP contribution in [-0.4, -0.2) is 16.8 Å². The molecule has 1 saturated heterocycles. The molecule has 4 rings (SSSR count). The van der Waals surface area contributed by atoms with E-state index in [-0.39, 0.29) is 24.4 Å². The first kappa shape index (κ1) is 22.0. The lowest BCUT2D eigenvalue weighted by molar-refractivity contribution is -0.123. The minimum Gasteiger partial charge on any atom is -0.488 e. The second-order valence-corrected chi connectivity index (χ2v) is 8.36. The maximum atomic E-state index is 14.0. The van der Waals surface area contributed by atoms with Crippen LogP contribution in [0.4, 0.5) is 9.18 Å². The number of amides is 3. The van der Waals surface area contributed by atoms with Crippen LogP contribution < -0.4 is 10.1 Å². The molecular weight excluding hydrogens is 499 g/mol. The van der Waals surface area contributed by atoms with Crippen molar-refractivity contribution in [1.82, 2.24) is 10.2 Å². The van der Waals surface area contributed by atoms with Gasteiger partial charge in [0.05, 0.1) is 6.54 Å². The molecule has 0 spiro atoms. The molecule has 1 aliphatic rings. The Balaban J connectivity index is 1.57. The van der Waals surface area contributed by atoms with Gasteiger partial charge in [0, 0.05) is 26.2 Å². The predicted molar refractivity (Wildman–Crippen MR) is 123 cm³/mol. The van der Waals surface area contributed by atoms with E-state index >= 15 is 0 Å². The van der Waals surface area contributed by atoms with E-state index in [1.165, 1.54) is 18.2 Å². The first-order chi connectivity index (χ1) is 15.4. The van der Waals surface area contributed by atoms with Gasteiger partial charge in [0.2, 0.25) is 0 Å². The zero-order chi connectivity index (χ0) is 22.7. The van der Waals surface area contributed by atoms with Gasteiger partial charge in [-0.25, -0.2) is 9.18 Å². The second-order valence-electron chi connectivity index (χ2n) is 7.03. The van der Waals surface area contributed by atoms with Crippen molar-refractivity contribution in [3.8, 4) is 5.75 Å². The molecule has 3 aromatic carbocycles. The van der Waals surface area contributed by atoms with Gasteiger partial charge in [-0.15, -0.1) is 0 Å². The summed E-state index contributed by atoms with van der Waals surface area (Å²) in [4.78, 5) is 26.2. The van der Waals surface area contributed by atoms with Crippen molar-refractivity contribution >= 4 is 45.5 Å². The van der Waals surface area contributed by atoms with Gasteiger partial charge in [-0.3, -0.25) is 9.69 Å². The SMILES string of the molecule is O=C1N/C(=C/c2cc(Br)ccc2OCc2ccccc2Cl)C(=O)N1Cc1ccccc1F. The molecule has 5 nitrogen and oxygen atoms in total. The Morgan fingerprint density at radius 1 is 1.03 bits per heavy atom. The van der Waals surface area contributed by atoms with Gasteiger partial charge < -0.3 is 10.1 Å². The first-order valence-corrected chi connectivity index (χ1v) is 10.8. The molecule has 162 valence electrons. The topological polar surface area (TPSA) is 58.6 Å². The summed E-state index contributed by atoms with van der Waals surface area (Å²) in [5, 5.41) is 3.15. The number of carbonyl (C=O) groups excluding carboxylic acids is 2. The number of carbonyl (C=O) groups is 2. The number of benzene rings is 3. The largest absolute Gasteiger partial charge is 0.488 e. The van der Waals surface area contributed by atoms with Gasteiger partial charge in [-0.1, -0.05) is 63.9 Å². The van der Waals surface area contributed by atoms with E-state index in [0.717, 1.165) is 14.9 Å². The quantitative estimate of drug-likeness (QED) is 0.328. The maximum absolute atomic E-state index is 14.0. The van der Waals surface area contributed by atoms with Gasteiger partial charge in [0.15, 0.2) is 0 Å². The molecule has 0 saturated carbocycles. The average Bonchev–Trinajstić information content (AvgIpc) is 3.03. The lowest BCUT2D eigenvalue weighted by atomic mass is 10.1. The number of nitrogens with one attached hydrogen (secondary N) is 1. The molecule has 1 fully saturated rings. The van der Waals surface area contributed by atoms with Gasteiger partial charge in [0.25, 0.3) is 5.91 Å².